The van der Waals surface area contributed by atoms with Crippen molar-refractivity contribution in [1.82, 2.24) is 0 Å². The molecule has 0 aromatic carbocycles. The van der Waals surface area contributed by atoms with E-state index in [1.54, 1.807) is 0 Å². The first kappa shape index (κ1) is 13.6. The third-order valence-electron chi connectivity index (χ3n) is 1.39. The Labute approximate surface area is 97.4 Å². The minimum atomic E-state index is -0.568. The minimum Gasteiger partial charge on any atom is -0.469 e. The van der Waals surface area contributed by atoms with Crippen LogP contribution in [0.2, 0.25) is 0 Å². The molecular formula is C7H10Cl4O2. The van der Waals surface area contributed by atoms with Crippen molar-refractivity contribution in [2.24, 2.45) is 0 Å². The summed E-state index contributed by atoms with van der Waals surface area (Å²) in [7, 11) is 1.29. The van der Waals surface area contributed by atoms with Crippen LogP contribution in [-0.4, -0.2) is 28.7 Å². The van der Waals surface area contributed by atoms with Crippen molar-refractivity contribution in [3.63, 3.8) is 0 Å². The van der Waals surface area contributed by atoms with Crippen LogP contribution >= 0.6 is 46.4 Å². The van der Waals surface area contributed by atoms with E-state index in [9.17, 15) is 4.79 Å². The highest BCUT2D eigenvalue weighted by atomic mass is 35.5. The maximum atomic E-state index is 10.8. The van der Waals surface area contributed by atoms with E-state index < -0.39 is 21.6 Å². The lowest BCUT2D eigenvalue weighted by Crippen LogP contribution is -2.21. The van der Waals surface area contributed by atoms with Gasteiger partial charge in [0.05, 0.1) is 24.3 Å². The third kappa shape index (κ3) is 6.67. The molecule has 2 unspecified atom stereocenters. The summed E-state index contributed by atoms with van der Waals surface area (Å²) in [5, 5.41) is -0.935. The average molecular weight is 268 g/mol. The zero-order chi connectivity index (χ0) is 10.4. The Hall–Kier alpha value is 0.630. The van der Waals surface area contributed by atoms with Gasteiger partial charge in [-0.1, -0.05) is 0 Å². The fraction of sp³-hybridized carbons (Fsp3) is 0.857. The second-order valence-corrected chi connectivity index (χ2v) is 4.84. The number of alkyl halides is 4. The maximum Gasteiger partial charge on any atom is 0.307 e. The lowest BCUT2D eigenvalue weighted by atomic mass is 10.2. The van der Waals surface area contributed by atoms with E-state index in [-0.39, 0.29) is 6.42 Å². The molecule has 0 aliphatic heterocycles. The van der Waals surface area contributed by atoms with Crippen LogP contribution < -0.4 is 0 Å². The van der Waals surface area contributed by atoms with Crippen molar-refractivity contribution in [3.8, 4) is 0 Å². The number of carbonyl (C=O) groups excluding carboxylic acids is 1. The molecule has 0 heterocycles. The van der Waals surface area contributed by atoms with Gasteiger partial charge in [0.25, 0.3) is 0 Å². The SMILES string of the molecule is COC(=O)CC(Cl)C(Cl)CC(Cl)Cl. The first-order valence-corrected chi connectivity index (χ1v) is 5.35. The highest BCUT2D eigenvalue weighted by Gasteiger charge is 2.22. The van der Waals surface area contributed by atoms with Gasteiger partial charge in [-0.05, 0) is 6.42 Å². The molecule has 0 aliphatic rings. The van der Waals surface area contributed by atoms with Gasteiger partial charge in [-0.25, -0.2) is 0 Å². The molecule has 0 aliphatic carbocycles. The van der Waals surface area contributed by atoms with Gasteiger partial charge in [-0.15, -0.1) is 46.4 Å². The standard InChI is InChI=1S/C7H10Cl4O2/c1-13-7(12)3-5(9)4(8)2-6(10)11/h4-6H,2-3H2,1H3. The monoisotopic (exact) mass is 266 g/mol. The van der Waals surface area contributed by atoms with Gasteiger partial charge in [0, 0.05) is 0 Å². The quantitative estimate of drug-likeness (QED) is 0.566. The first-order valence-electron chi connectivity index (χ1n) is 3.60. The Balaban J connectivity index is 3.81. The van der Waals surface area contributed by atoms with Crippen LogP contribution in [-0.2, 0) is 9.53 Å². The van der Waals surface area contributed by atoms with Crippen molar-refractivity contribution < 1.29 is 9.53 Å². The molecule has 2 nitrogen and oxygen atoms in total. The molecular weight excluding hydrogens is 258 g/mol. The van der Waals surface area contributed by atoms with E-state index in [2.05, 4.69) is 4.74 Å². The van der Waals surface area contributed by atoms with Crippen molar-refractivity contribution in [1.29, 1.82) is 0 Å². The van der Waals surface area contributed by atoms with Crippen LogP contribution in [0.4, 0.5) is 0 Å². The lowest BCUT2D eigenvalue weighted by Gasteiger charge is -2.14. The molecule has 0 rings (SSSR count). The number of hydrogen-bond donors (Lipinski definition) is 0. The number of rotatable bonds is 5. The van der Waals surface area contributed by atoms with Gasteiger partial charge in [-0.3, -0.25) is 4.79 Å². The van der Waals surface area contributed by atoms with E-state index in [0.29, 0.717) is 6.42 Å². The first-order chi connectivity index (χ1) is 5.97. The molecule has 0 spiro atoms. The van der Waals surface area contributed by atoms with E-state index >= 15 is 0 Å². The Morgan fingerprint density at radius 2 is 1.77 bits per heavy atom. The summed E-state index contributed by atoms with van der Waals surface area (Å²) in [6.07, 6.45) is 0.405. The third-order valence-corrected chi connectivity index (χ3v) is 2.81. The van der Waals surface area contributed by atoms with E-state index in [0.717, 1.165) is 0 Å². The molecule has 0 N–H and O–H groups in total. The smallest absolute Gasteiger partial charge is 0.307 e. The zero-order valence-corrected chi connectivity index (χ0v) is 10.00. The molecule has 0 fully saturated rings. The average Bonchev–Trinajstić information content (AvgIpc) is 2.02. The van der Waals surface area contributed by atoms with Gasteiger partial charge < -0.3 is 4.74 Å². The predicted molar refractivity (Wildman–Crippen MR) is 56.0 cm³/mol. The summed E-state index contributed by atoms with van der Waals surface area (Å²) in [5.41, 5.74) is 0. The molecule has 0 amide bonds. The molecule has 78 valence electrons. The number of ether oxygens (including phenoxy) is 1. The van der Waals surface area contributed by atoms with Gasteiger partial charge in [0.2, 0.25) is 0 Å². The Kier molecular flexibility index (Phi) is 7.33. The van der Waals surface area contributed by atoms with Gasteiger partial charge >= 0.3 is 5.97 Å². The summed E-state index contributed by atoms with van der Waals surface area (Å²) in [6.45, 7) is 0. The molecule has 0 aromatic heterocycles. The molecule has 2 atom stereocenters. The summed E-state index contributed by atoms with van der Waals surface area (Å²) in [5.74, 6) is -0.397. The van der Waals surface area contributed by atoms with Crippen LogP contribution in [0.25, 0.3) is 0 Å². The van der Waals surface area contributed by atoms with Crippen LogP contribution in [0.5, 0.6) is 0 Å². The molecule has 0 radical (unpaired) electrons. The predicted octanol–water partition coefficient (Wildman–Crippen LogP) is 2.96. The van der Waals surface area contributed by atoms with Crippen molar-refractivity contribution in [2.75, 3.05) is 7.11 Å². The van der Waals surface area contributed by atoms with Crippen LogP contribution in [0.1, 0.15) is 12.8 Å². The summed E-state index contributed by atoms with van der Waals surface area (Å²) >= 11 is 22.6. The molecule has 6 heteroatoms. The summed E-state index contributed by atoms with van der Waals surface area (Å²) < 4.78 is 4.43. The Morgan fingerprint density at radius 1 is 1.23 bits per heavy atom. The molecule has 0 bridgehead atoms. The van der Waals surface area contributed by atoms with Crippen LogP contribution in [0, 0.1) is 0 Å². The van der Waals surface area contributed by atoms with Gasteiger partial charge in [0.1, 0.15) is 4.84 Å². The van der Waals surface area contributed by atoms with E-state index in [1.807, 2.05) is 0 Å². The molecule has 0 saturated carbocycles. The fourth-order valence-corrected chi connectivity index (χ4v) is 1.75. The Bertz CT molecular complexity index is 163. The van der Waals surface area contributed by atoms with Gasteiger partial charge in [0.15, 0.2) is 0 Å². The number of halogens is 4. The fourth-order valence-electron chi connectivity index (χ4n) is 0.688. The number of methoxy groups -OCH3 is 1. The van der Waals surface area contributed by atoms with Crippen molar-refractivity contribution in [2.45, 2.75) is 28.4 Å². The number of esters is 1. The van der Waals surface area contributed by atoms with Gasteiger partial charge in [-0.2, -0.15) is 0 Å². The normalized spacial score (nSPS) is 15.5. The number of carbonyl (C=O) groups is 1. The van der Waals surface area contributed by atoms with Crippen LogP contribution in [0.3, 0.4) is 0 Å². The number of hydrogen-bond acceptors (Lipinski definition) is 2. The summed E-state index contributed by atoms with van der Waals surface area (Å²) in [6, 6.07) is 0. The molecule has 13 heavy (non-hydrogen) atoms. The Morgan fingerprint density at radius 3 is 2.15 bits per heavy atom. The topological polar surface area (TPSA) is 26.3 Å². The van der Waals surface area contributed by atoms with E-state index in [4.69, 9.17) is 46.4 Å². The second-order valence-electron chi connectivity index (χ2n) is 2.44. The molecule has 0 saturated heterocycles. The van der Waals surface area contributed by atoms with Crippen molar-refractivity contribution in [3.05, 3.63) is 0 Å². The highest BCUT2D eigenvalue weighted by molar-refractivity contribution is 6.44. The zero-order valence-electron chi connectivity index (χ0n) is 6.97. The summed E-state index contributed by atoms with van der Waals surface area (Å²) in [4.78, 5) is 10.2. The maximum absolute atomic E-state index is 10.8. The van der Waals surface area contributed by atoms with Crippen molar-refractivity contribution >= 4 is 52.4 Å². The van der Waals surface area contributed by atoms with E-state index in [1.165, 1.54) is 7.11 Å². The second kappa shape index (κ2) is 6.99. The largest absolute Gasteiger partial charge is 0.469 e. The lowest BCUT2D eigenvalue weighted by molar-refractivity contribution is -0.140. The minimum absolute atomic E-state index is 0.0622. The molecule has 0 aromatic rings. The van der Waals surface area contributed by atoms with Crippen LogP contribution in [0.15, 0.2) is 0 Å². The highest BCUT2D eigenvalue weighted by Crippen LogP contribution is 2.22.